The molecule has 3 N–H and O–H groups in total. The summed E-state index contributed by atoms with van der Waals surface area (Å²) in [5, 5.41) is 14.6. The Bertz CT molecular complexity index is 961. The molecular weight excluding hydrogens is 432 g/mol. The first-order valence-corrected chi connectivity index (χ1v) is 12.0. The Morgan fingerprint density at radius 2 is 1.59 bits per heavy atom. The average Bonchev–Trinajstić information content (AvgIpc) is 3.16. The van der Waals surface area contributed by atoms with E-state index in [4.69, 9.17) is 4.74 Å². The van der Waals surface area contributed by atoms with Gasteiger partial charge in [0.15, 0.2) is 0 Å². The van der Waals surface area contributed by atoms with Crippen LogP contribution in [-0.2, 0) is 14.3 Å². The molecule has 7 heteroatoms. The monoisotopic (exact) mass is 466 g/mol. The highest BCUT2D eigenvalue weighted by atomic mass is 16.5. The highest BCUT2D eigenvalue weighted by Crippen LogP contribution is 2.44. The number of carboxylic acid groups (broad SMARTS) is 1. The zero-order valence-corrected chi connectivity index (χ0v) is 19.9. The van der Waals surface area contributed by atoms with Crippen LogP contribution >= 0.6 is 0 Å². The van der Waals surface area contributed by atoms with Gasteiger partial charge < -0.3 is 20.5 Å². The van der Waals surface area contributed by atoms with Gasteiger partial charge in [0.2, 0.25) is 5.91 Å². The largest absolute Gasteiger partial charge is 0.480 e. The van der Waals surface area contributed by atoms with Crippen molar-refractivity contribution in [3.8, 4) is 11.1 Å². The lowest BCUT2D eigenvalue weighted by Crippen LogP contribution is -2.43. The molecule has 0 aliphatic heterocycles. The molecule has 0 spiro atoms. The van der Waals surface area contributed by atoms with Crippen molar-refractivity contribution in [3.05, 3.63) is 59.7 Å². The highest BCUT2D eigenvalue weighted by molar-refractivity contribution is 5.84. The van der Waals surface area contributed by atoms with Crippen molar-refractivity contribution in [1.29, 1.82) is 0 Å². The van der Waals surface area contributed by atoms with Crippen LogP contribution in [0.1, 0.15) is 63.0 Å². The lowest BCUT2D eigenvalue weighted by molar-refractivity contribution is -0.142. The Kier molecular flexibility index (Phi) is 9.08. The fourth-order valence-electron chi connectivity index (χ4n) is 4.36. The van der Waals surface area contributed by atoms with E-state index in [1.54, 1.807) is 6.92 Å². The summed E-state index contributed by atoms with van der Waals surface area (Å²) >= 11 is 0. The van der Waals surface area contributed by atoms with Crippen molar-refractivity contribution in [2.45, 2.75) is 57.9 Å². The van der Waals surface area contributed by atoms with Gasteiger partial charge in [0.25, 0.3) is 0 Å². The van der Waals surface area contributed by atoms with Gasteiger partial charge >= 0.3 is 12.1 Å². The zero-order chi connectivity index (χ0) is 24.5. The van der Waals surface area contributed by atoms with Crippen molar-refractivity contribution < 1.29 is 24.2 Å². The number of hydrogen-bond donors (Lipinski definition) is 3. The summed E-state index contributed by atoms with van der Waals surface area (Å²) in [5.41, 5.74) is 4.68. The Hall–Kier alpha value is -3.35. The average molecular weight is 467 g/mol. The first-order valence-electron chi connectivity index (χ1n) is 12.0. The number of alkyl carbamates (subject to hydrolysis) is 1. The minimum atomic E-state index is -1.01. The lowest BCUT2D eigenvalue weighted by atomic mass is 9.98. The fraction of sp³-hybridized carbons (Fsp3) is 0.444. The second-order valence-corrected chi connectivity index (χ2v) is 8.84. The molecule has 0 aromatic heterocycles. The standard InChI is InChI=1S/C27H34N2O5/c1-3-4-15-24(26(31)32)29-25(30)18(2)10-9-16-28-27(33)34-17-23-21-13-7-5-11-19(21)20-12-6-8-14-22(20)23/h5-8,11-14,18,23-24H,3-4,9-10,15-17H2,1-2H3,(H,28,33)(H,29,30)(H,31,32). The smallest absolute Gasteiger partial charge is 0.407 e. The molecule has 0 saturated heterocycles. The van der Waals surface area contributed by atoms with E-state index in [9.17, 15) is 19.5 Å². The van der Waals surface area contributed by atoms with Crippen molar-refractivity contribution >= 4 is 18.0 Å². The van der Waals surface area contributed by atoms with E-state index >= 15 is 0 Å². The third-order valence-electron chi connectivity index (χ3n) is 6.34. The van der Waals surface area contributed by atoms with Gasteiger partial charge in [0.05, 0.1) is 0 Å². The topological polar surface area (TPSA) is 105 Å². The summed E-state index contributed by atoms with van der Waals surface area (Å²) in [5.74, 6) is -1.61. The van der Waals surface area contributed by atoms with Crippen LogP contribution in [0.3, 0.4) is 0 Å². The molecular formula is C27H34N2O5. The van der Waals surface area contributed by atoms with Gasteiger partial charge in [-0.25, -0.2) is 9.59 Å². The van der Waals surface area contributed by atoms with Crippen LogP contribution < -0.4 is 10.6 Å². The second-order valence-electron chi connectivity index (χ2n) is 8.84. The summed E-state index contributed by atoms with van der Waals surface area (Å²) in [6, 6.07) is 15.5. The predicted molar refractivity (Wildman–Crippen MR) is 131 cm³/mol. The lowest BCUT2D eigenvalue weighted by Gasteiger charge is -2.18. The summed E-state index contributed by atoms with van der Waals surface area (Å²) in [6.07, 6.45) is 2.69. The number of nitrogens with one attached hydrogen (secondary N) is 2. The molecule has 0 saturated carbocycles. The van der Waals surface area contributed by atoms with E-state index < -0.39 is 18.1 Å². The van der Waals surface area contributed by atoms with Crippen molar-refractivity contribution in [2.75, 3.05) is 13.2 Å². The Morgan fingerprint density at radius 1 is 0.971 bits per heavy atom. The molecule has 1 aliphatic rings. The summed E-state index contributed by atoms with van der Waals surface area (Å²) in [6.45, 7) is 4.38. The van der Waals surface area contributed by atoms with Crippen LogP contribution in [0, 0.1) is 5.92 Å². The minimum Gasteiger partial charge on any atom is -0.480 e. The summed E-state index contributed by atoms with van der Waals surface area (Å²) < 4.78 is 5.52. The van der Waals surface area contributed by atoms with Gasteiger partial charge in [0.1, 0.15) is 12.6 Å². The molecule has 2 atom stereocenters. The number of carbonyl (C=O) groups excluding carboxylic acids is 2. The molecule has 1 aliphatic carbocycles. The molecule has 3 rings (SSSR count). The molecule has 0 heterocycles. The third-order valence-corrected chi connectivity index (χ3v) is 6.34. The van der Waals surface area contributed by atoms with Crippen molar-refractivity contribution in [2.24, 2.45) is 5.92 Å². The maximum atomic E-state index is 12.3. The third kappa shape index (κ3) is 6.37. The second kappa shape index (κ2) is 12.2. The number of amides is 2. The molecule has 2 amide bonds. The van der Waals surface area contributed by atoms with Crippen molar-refractivity contribution in [3.63, 3.8) is 0 Å². The number of hydrogen-bond acceptors (Lipinski definition) is 4. The van der Waals surface area contributed by atoms with Gasteiger partial charge in [-0.2, -0.15) is 0 Å². The quantitative estimate of drug-likeness (QED) is 0.393. The Labute approximate surface area is 200 Å². The molecule has 2 aromatic rings. The number of aliphatic carboxylic acids is 1. The number of fused-ring (bicyclic) bond motifs is 3. The van der Waals surface area contributed by atoms with Gasteiger partial charge in [-0.05, 0) is 41.5 Å². The molecule has 7 nitrogen and oxygen atoms in total. The molecule has 2 unspecified atom stereocenters. The van der Waals surface area contributed by atoms with E-state index in [2.05, 4.69) is 34.9 Å². The Morgan fingerprint density at radius 3 is 2.18 bits per heavy atom. The number of benzene rings is 2. The van der Waals surface area contributed by atoms with E-state index in [1.807, 2.05) is 31.2 Å². The van der Waals surface area contributed by atoms with Crippen molar-refractivity contribution in [1.82, 2.24) is 10.6 Å². The fourth-order valence-corrected chi connectivity index (χ4v) is 4.36. The molecule has 0 radical (unpaired) electrons. The van der Waals surface area contributed by atoms with E-state index in [0.29, 0.717) is 25.8 Å². The normalized spacial score (nSPS) is 13.9. The number of rotatable bonds is 12. The van der Waals surface area contributed by atoms with Crippen LogP contribution in [-0.4, -0.2) is 42.3 Å². The van der Waals surface area contributed by atoms with Crippen LogP contribution in [0.4, 0.5) is 4.79 Å². The maximum Gasteiger partial charge on any atom is 0.407 e. The van der Waals surface area contributed by atoms with Crippen LogP contribution in [0.2, 0.25) is 0 Å². The van der Waals surface area contributed by atoms with E-state index in [-0.39, 0.29) is 24.3 Å². The molecule has 34 heavy (non-hydrogen) atoms. The molecule has 0 fully saturated rings. The van der Waals surface area contributed by atoms with Crippen LogP contribution in [0.25, 0.3) is 11.1 Å². The summed E-state index contributed by atoms with van der Waals surface area (Å²) in [4.78, 5) is 35.9. The zero-order valence-electron chi connectivity index (χ0n) is 19.9. The first kappa shape index (κ1) is 25.3. The SMILES string of the molecule is CCCCC(NC(=O)C(C)CCCNC(=O)OCC1c2ccccc2-c2ccccc21)C(=O)O. The van der Waals surface area contributed by atoms with Crippen LogP contribution in [0.15, 0.2) is 48.5 Å². The minimum absolute atomic E-state index is 0.0109. The Balaban J connectivity index is 1.40. The molecule has 182 valence electrons. The maximum absolute atomic E-state index is 12.3. The van der Waals surface area contributed by atoms with Gasteiger partial charge in [-0.15, -0.1) is 0 Å². The molecule has 2 aromatic carbocycles. The van der Waals surface area contributed by atoms with Gasteiger partial charge in [0, 0.05) is 18.4 Å². The molecule has 0 bridgehead atoms. The number of unbranched alkanes of at least 4 members (excludes halogenated alkanes) is 1. The number of ether oxygens (including phenoxy) is 1. The first-order chi connectivity index (χ1) is 16.4. The highest BCUT2D eigenvalue weighted by Gasteiger charge is 2.29. The van der Waals surface area contributed by atoms with E-state index in [0.717, 1.165) is 24.0 Å². The van der Waals surface area contributed by atoms with Gasteiger partial charge in [-0.1, -0.05) is 75.2 Å². The van der Waals surface area contributed by atoms with Gasteiger partial charge in [-0.3, -0.25) is 4.79 Å². The van der Waals surface area contributed by atoms with Crippen LogP contribution in [0.5, 0.6) is 0 Å². The number of carbonyl (C=O) groups is 3. The van der Waals surface area contributed by atoms with E-state index in [1.165, 1.54) is 11.1 Å². The number of carboxylic acids is 1. The summed E-state index contributed by atoms with van der Waals surface area (Å²) in [7, 11) is 0. The predicted octanol–water partition coefficient (Wildman–Crippen LogP) is 4.70.